The van der Waals surface area contributed by atoms with Crippen molar-refractivity contribution in [3.05, 3.63) is 35.9 Å². The Kier molecular flexibility index (Phi) is 5.53. The average molecular weight is 296 g/mol. The number of aryl methyl sites for hydroxylation is 1. The van der Waals surface area contributed by atoms with Gasteiger partial charge in [0.25, 0.3) is 0 Å². The summed E-state index contributed by atoms with van der Waals surface area (Å²) < 4.78 is 0. The molecule has 1 unspecified atom stereocenters. The fraction of sp³-hybridized carbons (Fsp3) is 0.600. The Bertz CT molecular complexity index is 312. The maximum atomic E-state index is 3.65. The minimum absolute atomic E-state index is 0.777. The normalized spacial score (nSPS) is 21.6. The monoisotopic (exact) mass is 295 g/mol. The number of benzene rings is 1. The minimum Gasteiger partial charge on any atom is -0.300 e. The lowest BCUT2D eigenvalue weighted by Crippen LogP contribution is -2.41. The molecule has 0 radical (unpaired) electrons. The van der Waals surface area contributed by atoms with Crippen LogP contribution in [-0.4, -0.2) is 29.4 Å². The zero-order valence-corrected chi connectivity index (χ0v) is 12.0. The van der Waals surface area contributed by atoms with E-state index in [1.165, 1.54) is 50.8 Å². The molecule has 2 rings (SSSR count). The molecular formula is C15H22BrN. The summed E-state index contributed by atoms with van der Waals surface area (Å²) in [5.74, 6) is 0. The predicted molar refractivity (Wildman–Crippen MR) is 77.8 cm³/mol. The van der Waals surface area contributed by atoms with Crippen molar-refractivity contribution in [3.63, 3.8) is 0 Å². The van der Waals surface area contributed by atoms with E-state index < -0.39 is 0 Å². The molecular weight excluding hydrogens is 274 g/mol. The molecule has 0 amide bonds. The molecule has 1 atom stereocenters. The maximum Gasteiger partial charge on any atom is 0.0192 e. The molecule has 0 aliphatic carbocycles. The van der Waals surface area contributed by atoms with Crippen LogP contribution < -0.4 is 0 Å². The van der Waals surface area contributed by atoms with Crippen molar-refractivity contribution < 1.29 is 0 Å². The molecule has 1 saturated heterocycles. The number of piperidine rings is 1. The van der Waals surface area contributed by atoms with Crippen LogP contribution in [0.1, 0.15) is 31.2 Å². The standard InChI is InChI=1S/C15H22BrN/c16-13-15-10-4-5-11-17(15)12-6-9-14-7-2-1-3-8-14/h1-3,7-8,15H,4-6,9-13H2. The Morgan fingerprint density at radius 3 is 2.76 bits per heavy atom. The Morgan fingerprint density at radius 1 is 1.18 bits per heavy atom. The third-order valence-corrected chi connectivity index (χ3v) is 4.43. The Balaban J connectivity index is 1.74. The number of halogens is 1. The highest BCUT2D eigenvalue weighted by molar-refractivity contribution is 9.09. The van der Waals surface area contributed by atoms with E-state index in [2.05, 4.69) is 51.2 Å². The molecule has 1 aliphatic heterocycles. The van der Waals surface area contributed by atoms with Gasteiger partial charge in [0.05, 0.1) is 0 Å². The molecule has 1 fully saturated rings. The molecule has 0 aromatic heterocycles. The second-order valence-electron chi connectivity index (χ2n) is 4.93. The van der Waals surface area contributed by atoms with Crippen LogP contribution in [-0.2, 0) is 6.42 Å². The first-order valence-corrected chi connectivity index (χ1v) is 7.86. The molecule has 17 heavy (non-hydrogen) atoms. The lowest BCUT2D eigenvalue weighted by molar-refractivity contribution is 0.163. The molecule has 1 aromatic carbocycles. The molecule has 94 valence electrons. The molecule has 1 aliphatic rings. The van der Waals surface area contributed by atoms with Crippen LogP contribution in [0.2, 0.25) is 0 Å². The van der Waals surface area contributed by atoms with Gasteiger partial charge in [-0.3, -0.25) is 4.90 Å². The van der Waals surface area contributed by atoms with Crippen molar-refractivity contribution in [2.75, 3.05) is 18.4 Å². The van der Waals surface area contributed by atoms with Crippen LogP contribution in [0.15, 0.2) is 30.3 Å². The number of likely N-dealkylation sites (tertiary alicyclic amines) is 1. The van der Waals surface area contributed by atoms with Crippen molar-refractivity contribution >= 4 is 15.9 Å². The minimum atomic E-state index is 0.777. The van der Waals surface area contributed by atoms with E-state index in [0.717, 1.165) is 11.4 Å². The first-order chi connectivity index (χ1) is 8.40. The van der Waals surface area contributed by atoms with Gasteiger partial charge in [0.2, 0.25) is 0 Å². The SMILES string of the molecule is BrCC1CCCCN1CCCc1ccccc1. The van der Waals surface area contributed by atoms with Crippen molar-refractivity contribution in [1.29, 1.82) is 0 Å². The van der Waals surface area contributed by atoms with Crippen LogP contribution in [0.5, 0.6) is 0 Å². The summed E-state index contributed by atoms with van der Waals surface area (Å²) in [5, 5.41) is 1.14. The van der Waals surface area contributed by atoms with E-state index in [0.29, 0.717) is 0 Å². The highest BCUT2D eigenvalue weighted by Crippen LogP contribution is 2.19. The van der Waals surface area contributed by atoms with Crippen molar-refractivity contribution in [1.82, 2.24) is 4.90 Å². The highest BCUT2D eigenvalue weighted by atomic mass is 79.9. The van der Waals surface area contributed by atoms with Gasteiger partial charge in [0.1, 0.15) is 0 Å². The number of hydrogen-bond acceptors (Lipinski definition) is 1. The maximum absolute atomic E-state index is 3.65. The summed E-state index contributed by atoms with van der Waals surface area (Å²) in [7, 11) is 0. The third kappa shape index (κ3) is 4.11. The largest absolute Gasteiger partial charge is 0.300 e. The number of hydrogen-bond donors (Lipinski definition) is 0. The van der Waals surface area contributed by atoms with Crippen molar-refractivity contribution in [2.45, 2.75) is 38.1 Å². The van der Waals surface area contributed by atoms with E-state index in [1.807, 2.05) is 0 Å². The van der Waals surface area contributed by atoms with Crippen LogP contribution >= 0.6 is 15.9 Å². The molecule has 1 aromatic rings. The molecule has 2 heteroatoms. The van der Waals surface area contributed by atoms with E-state index in [-0.39, 0.29) is 0 Å². The van der Waals surface area contributed by atoms with Gasteiger partial charge in [-0.1, -0.05) is 52.7 Å². The van der Waals surface area contributed by atoms with Crippen LogP contribution in [0.25, 0.3) is 0 Å². The predicted octanol–water partition coefficient (Wildman–Crippen LogP) is 3.87. The second-order valence-corrected chi connectivity index (χ2v) is 5.58. The van der Waals surface area contributed by atoms with Crippen molar-refractivity contribution in [3.8, 4) is 0 Å². The molecule has 0 saturated carbocycles. The van der Waals surface area contributed by atoms with E-state index in [9.17, 15) is 0 Å². The summed E-state index contributed by atoms with van der Waals surface area (Å²) in [6.07, 6.45) is 6.66. The van der Waals surface area contributed by atoms with Gasteiger partial charge in [0.15, 0.2) is 0 Å². The summed E-state index contributed by atoms with van der Waals surface area (Å²) in [6.45, 7) is 2.55. The van der Waals surface area contributed by atoms with Gasteiger partial charge >= 0.3 is 0 Å². The average Bonchev–Trinajstić information content (AvgIpc) is 2.40. The topological polar surface area (TPSA) is 3.24 Å². The van der Waals surface area contributed by atoms with Gasteiger partial charge in [-0.2, -0.15) is 0 Å². The van der Waals surface area contributed by atoms with Gasteiger partial charge in [-0.15, -0.1) is 0 Å². The number of nitrogens with zero attached hydrogens (tertiary/aromatic N) is 1. The molecule has 0 bridgehead atoms. The zero-order chi connectivity index (χ0) is 11.9. The number of alkyl halides is 1. The van der Waals surface area contributed by atoms with Crippen LogP contribution in [0.4, 0.5) is 0 Å². The molecule has 1 heterocycles. The van der Waals surface area contributed by atoms with E-state index in [1.54, 1.807) is 0 Å². The third-order valence-electron chi connectivity index (χ3n) is 3.68. The van der Waals surface area contributed by atoms with Gasteiger partial charge in [0, 0.05) is 11.4 Å². The van der Waals surface area contributed by atoms with Gasteiger partial charge < -0.3 is 0 Å². The quantitative estimate of drug-likeness (QED) is 0.746. The lowest BCUT2D eigenvalue weighted by atomic mass is 10.0. The van der Waals surface area contributed by atoms with Crippen LogP contribution in [0, 0.1) is 0 Å². The molecule has 1 nitrogen and oxygen atoms in total. The summed E-state index contributed by atoms with van der Waals surface area (Å²) in [6, 6.07) is 11.6. The van der Waals surface area contributed by atoms with Crippen LogP contribution in [0.3, 0.4) is 0 Å². The number of rotatable bonds is 5. The first-order valence-electron chi connectivity index (χ1n) is 6.74. The van der Waals surface area contributed by atoms with E-state index >= 15 is 0 Å². The van der Waals surface area contributed by atoms with Crippen molar-refractivity contribution in [2.24, 2.45) is 0 Å². The summed E-state index contributed by atoms with van der Waals surface area (Å²) >= 11 is 3.65. The first kappa shape index (κ1) is 13.1. The fourth-order valence-electron chi connectivity index (χ4n) is 2.66. The summed E-state index contributed by atoms with van der Waals surface area (Å²) in [5.41, 5.74) is 1.47. The molecule has 0 spiro atoms. The smallest absolute Gasteiger partial charge is 0.0192 e. The second kappa shape index (κ2) is 7.17. The zero-order valence-electron chi connectivity index (χ0n) is 10.4. The lowest BCUT2D eigenvalue weighted by Gasteiger charge is -2.34. The summed E-state index contributed by atoms with van der Waals surface area (Å²) in [4.78, 5) is 2.67. The Morgan fingerprint density at radius 2 is 2.00 bits per heavy atom. The van der Waals surface area contributed by atoms with Gasteiger partial charge in [-0.25, -0.2) is 0 Å². The van der Waals surface area contributed by atoms with Gasteiger partial charge in [-0.05, 0) is 44.3 Å². The Labute approximate surface area is 113 Å². The molecule has 0 N–H and O–H groups in total. The Hall–Kier alpha value is -0.340. The highest BCUT2D eigenvalue weighted by Gasteiger charge is 2.20. The fourth-order valence-corrected chi connectivity index (χ4v) is 3.39. The van der Waals surface area contributed by atoms with E-state index in [4.69, 9.17) is 0 Å².